The molecule has 0 aliphatic carbocycles. The second-order valence-electron chi connectivity index (χ2n) is 4.68. The fourth-order valence-corrected chi connectivity index (χ4v) is 2.82. The van der Waals surface area contributed by atoms with Gasteiger partial charge in [0, 0.05) is 17.5 Å². The van der Waals surface area contributed by atoms with Crippen LogP contribution in [0.15, 0.2) is 54.7 Å². The molecule has 3 heterocycles. The predicted molar refractivity (Wildman–Crippen MR) is 68.8 cm³/mol. The molecule has 1 atom stereocenters. The lowest BCUT2D eigenvalue weighted by atomic mass is 10.2. The Bertz CT molecular complexity index is 751. The summed E-state index contributed by atoms with van der Waals surface area (Å²) in [4.78, 5) is 0. The molecule has 0 amide bonds. The van der Waals surface area contributed by atoms with Gasteiger partial charge in [0.1, 0.15) is 5.69 Å². The fraction of sp³-hybridized carbons (Fsp3) is 0.133. The summed E-state index contributed by atoms with van der Waals surface area (Å²) in [5, 5.41) is 11.5. The van der Waals surface area contributed by atoms with Gasteiger partial charge < -0.3 is 22.1 Å². The monoisotopic (exact) mass is 272 g/mol. The van der Waals surface area contributed by atoms with Crippen LogP contribution in [0.25, 0.3) is 22.3 Å². The van der Waals surface area contributed by atoms with Crippen molar-refractivity contribution >= 4 is 10.9 Å². The van der Waals surface area contributed by atoms with E-state index in [9.17, 15) is 5.11 Å². The molecular formula is C15H13ClN2O. The maximum atomic E-state index is 10.3. The summed E-state index contributed by atoms with van der Waals surface area (Å²) < 4.78 is 4.11. The standard InChI is InChI=1S/C15H13N2O.ClH/c18-15-10-16-8-4-3-7-13(16)14-9-11-5-1-2-6-12(11)17(14)15;/h1-9,15,18H,10H2;1H/q+1;/p-1. The van der Waals surface area contributed by atoms with E-state index in [1.807, 2.05) is 35.0 Å². The Hall–Kier alpha value is -1.84. The van der Waals surface area contributed by atoms with Gasteiger partial charge in [-0.1, -0.05) is 18.2 Å². The lowest BCUT2D eigenvalue weighted by Gasteiger charge is -2.20. The number of halogens is 1. The van der Waals surface area contributed by atoms with Crippen LogP contribution < -0.4 is 17.0 Å². The third kappa shape index (κ3) is 1.66. The molecule has 0 saturated heterocycles. The first kappa shape index (κ1) is 12.2. The van der Waals surface area contributed by atoms with E-state index in [2.05, 4.69) is 28.8 Å². The zero-order valence-corrected chi connectivity index (χ0v) is 11.0. The molecule has 1 aliphatic heterocycles. The molecule has 3 nitrogen and oxygen atoms in total. The van der Waals surface area contributed by atoms with Crippen LogP contribution in [-0.2, 0) is 6.54 Å². The van der Waals surface area contributed by atoms with Crippen molar-refractivity contribution in [2.45, 2.75) is 12.8 Å². The van der Waals surface area contributed by atoms with Gasteiger partial charge >= 0.3 is 0 Å². The van der Waals surface area contributed by atoms with Gasteiger partial charge in [0.25, 0.3) is 0 Å². The second-order valence-corrected chi connectivity index (χ2v) is 4.68. The molecule has 1 aliphatic rings. The van der Waals surface area contributed by atoms with Crippen molar-refractivity contribution in [1.82, 2.24) is 4.57 Å². The van der Waals surface area contributed by atoms with E-state index in [-0.39, 0.29) is 12.4 Å². The van der Waals surface area contributed by atoms with Gasteiger partial charge in [-0.05, 0) is 18.2 Å². The summed E-state index contributed by atoms with van der Waals surface area (Å²) in [5.74, 6) is 0. The highest BCUT2D eigenvalue weighted by Crippen LogP contribution is 2.31. The number of hydrogen-bond acceptors (Lipinski definition) is 1. The molecule has 19 heavy (non-hydrogen) atoms. The summed E-state index contributed by atoms with van der Waals surface area (Å²) >= 11 is 0. The van der Waals surface area contributed by atoms with Gasteiger partial charge in [-0.15, -0.1) is 0 Å². The van der Waals surface area contributed by atoms with E-state index < -0.39 is 6.23 Å². The number of hydrogen-bond donors (Lipinski definition) is 1. The van der Waals surface area contributed by atoms with E-state index in [4.69, 9.17) is 0 Å². The minimum absolute atomic E-state index is 0. The highest BCUT2D eigenvalue weighted by Gasteiger charge is 2.29. The Morgan fingerprint density at radius 2 is 1.89 bits per heavy atom. The highest BCUT2D eigenvalue weighted by atomic mass is 35.5. The number of benzene rings is 1. The average molecular weight is 273 g/mol. The van der Waals surface area contributed by atoms with Crippen molar-refractivity contribution in [3.05, 3.63) is 54.7 Å². The lowest BCUT2D eigenvalue weighted by Crippen LogP contribution is -3.00. The molecule has 3 aromatic rings. The summed E-state index contributed by atoms with van der Waals surface area (Å²) in [6.07, 6.45) is 1.51. The molecule has 4 heteroatoms. The van der Waals surface area contributed by atoms with Crippen molar-refractivity contribution in [3.63, 3.8) is 0 Å². The molecule has 1 unspecified atom stereocenters. The SMILES string of the molecule is OC1C[n+]2ccccc2-c2cc3ccccc3n21.[Cl-]. The van der Waals surface area contributed by atoms with Gasteiger partial charge in [0.2, 0.25) is 5.69 Å². The minimum Gasteiger partial charge on any atom is -1.00 e. The van der Waals surface area contributed by atoms with Crippen LogP contribution in [0, 0.1) is 0 Å². The van der Waals surface area contributed by atoms with E-state index in [1.54, 1.807) is 0 Å². The highest BCUT2D eigenvalue weighted by molar-refractivity contribution is 5.86. The van der Waals surface area contributed by atoms with Gasteiger partial charge in [0.05, 0.1) is 5.52 Å². The fourth-order valence-electron chi connectivity index (χ4n) is 2.82. The summed E-state index contributed by atoms with van der Waals surface area (Å²) in [7, 11) is 0. The van der Waals surface area contributed by atoms with Gasteiger partial charge in [0.15, 0.2) is 19.0 Å². The number of aromatic nitrogens is 2. The van der Waals surface area contributed by atoms with Crippen LogP contribution in [0.4, 0.5) is 0 Å². The molecule has 0 saturated carbocycles. The molecule has 1 aromatic carbocycles. The molecule has 1 N–H and O–H groups in total. The molecule has 0 radical (unpaired) electrons. The molecule has 2 aromatic heterocycles. The van der Waals surface area contributed by atoms with Crippen molar-refractivity contribution in [2.24, 2.45) is 0 Å². The first-order valence-electron chi connectivity index (χ1n) is 6.11. The first-order chi connectivity index (χ1) is 8.84. The predicted octanol–water partition coefficient (Wildman–Crippen LogP) is -0.896. The maximum Gasteiger partial charge on any atom is 0.229 e. The van der Waals surface area contributed by atoms with Crippen molar-refractivity contribution in [3.8, 4) is 11.4 Å². The topological polar surface area (TPSA) is 29.0 Å². The Balaban J connectivity index is 0.00000110. The third-order valence-electron chi connectivity index (χ3n) is 3.61. The number of aliphatic hydroxyl groups excluding tert-OH is 1. The van der Waals surface area contributed by atoms with Crippen molar-refractivity contribution < 1.29 is 22.1 Å². The molecule has 0 bridgehead atoms. The van der Waals surface area contributed by atoms with E-state index >= 15 is 0 Å². The van der Waals surface area contributed by atoms with Crippen LogP contribution in [0.1, 0.15) is 6.23 Å². The molecule has 4 rings (SSSR count). The van der Waals surface area contributed by atoms with Crippen molar-refractivity contribution in [2.75, 3.05) is 0 Å². The number of para-hydroxylation sites is 1. The number of fused-ring (bicyclic) bond motifs is 5. The van der Waals surface area contributed by atoms with E-state index in [0.29, 0.717) is 6.54 Å². The largest absolute Gasteiger partial charge is 1.00 e. The zero-order valence-electron chi connectivity index (χ0n) is 10.2. The number of pyridine rings is 1. The summed E-state index contributed by atoms with van der Waals surface area (Å²) in [6.45, 7) is 0.599. The first-order valence-corrected chi connectivity index (χ1v) is 6.11. The number of nitrogens with zero attached hydrogens (tertiary/aromatic N) is 2. The van der Waals surface area contributed by atoms with Gasteiger partial charge in [-0.2, -0.15) is 4.57 Å². The smallest absolute Gasteiger partial charge is 0.229 e. The zero-order chi connectivity index (χ0) is 12.1. The Kier molecular flexibility index (Phi) is 2.81. The van der Waals surface area contributed by atoms with Gasteiger partial charge in [-0.25, -0.2) is 0 Å². The third-order valence-corrected chi connectivity index (χ3v) is 3.61. The quantitative estimate of drug-likeness (QED) is 0.529. The second kappa shape index (κ2) is 4.37. The molecular weight excluding hydrogens is 260 g/mol. The summed E-state index contributed by atoms with van der Waals surface area (Å²) in [6, 6.07) is 16.4. The Labute approximate surface area is 117 Å². The van der Waals surface area contributed by atoms with E-state index in [1.165, 1.54) is 5.39 Å². The van der Waals surface area contributed by atoms with Crippen LogP contribution in [-0.4, -0.2) is 9.67 Å². The van der Waals surface area contributed by atoms with Crippen LogP contribution in [0.3, 0.4) is 0 Å². The average Bonchev–Trinajstić information content (AvgIpc) is 2.79. The summed E-state index contributed by atoms with van der Waals surface area (Å²) in [5.41, 5.74) is 3.32. The van der Waals surface area contributed by atoms with Crippen molar-refractivity contribution in [1.29, 1.82) is 0 Å². The Morgan fingerprint density at radius 3 is 2.79 bits per heavy atom. The molecule has 0 fully saturated rings. The molecule has 0 spiro atoms. The maximum absolute atomic E-state index is 10.3. The number of rotatable bonds is 0. The Morgan fingerprint density at radius 1 is 1.11 bits per heavy atom. The van der Waals surface area contributed by atoms with Crippen LogP contribution in [0.5, 0.6) is 0 Å². The number of aliphatic hydroxyl groups is 1. The van der Waals surface area contributed by atoms with Crippen LogP contribution >= 0.6 is 0 Å². The van der Waals surface area contributed by atoms with Gasteiger partial charge in [-0.3, -0.25) is 0 Å². The molecule has 96 valence electrons. The van der Waals surface area contributed by atoms with Crippen LogP contribution in [0.2, 0.25) is 0 Å². The normalized spacial score (nSPS) is 16.6. The van der Waals surface area contributed by atoms with E-state index in [0.717, 1.165) is 16.9 Å². The lowest BCUT2D eigenvalue weighted by molar-refractivity contribution is -0.700. The minimum atomic E-state index is -0.500.